The van der Waals surface area contributed by atoms with Gasteiger partial charge in [-0.3, -0.25) is 9.59 Å². The number of hydrogen-bond donors (Lipinski definition) is 0. The van der Waals surface area contributed by atoms with Crippen molar-refractivity contribution in [1.82, 2.24) is 14.7 Å². The average molecular weight is 395 g/mol. The van der Waals surface area contributed by atoms with Gasteiger partial charge in [0.25, 0.3) is 5.91 Å². The number of para-hydroxylation sites is 1. The van der Waals surface area contributed by atoms with Gasteiger partial charge >= 0.3 is 6.61 Å². The zero-order chi connectivity index (χ0) is 20.1. The van der Waals surface area contributed by atoms with Gasteiger partial charge in [-0.15, -0.1) is 0 Å². The highest BCUT2D eigenvalue weighted by atomic mass is 19.3. The second-order valence-corrected chi connectivity index (χ2v) is 7.14. The fourth-order valence-corrected chi connectivity index (χ4v) is 3.98. The molecule has 3 rings (SSSR count). The monoisotopic (exact) mass is 395 g/mol. The van der Waals surface area contributed by atoms with E-state index in [1.807, 2.05) is 4.90 Å². The van der Waals surface area contributed by atoms with E-state index in [0.29, 0.717) is 26.1 Å². The summed E-state index contributed by atoms with van der Waals surface area (Å²) in [5, 5.41) is 0. The van der Waals surface area contributed by atoms with Gasteiger partial charge in [0.05, 0.1) is 5.56 Å². The molecule has 154 valence electrons. The van der Waals surface area contributed by atoms with E-state index in [-0.39, 0.29) is 17.2 Å². The van der Waals surface area contributed by atoms with E-state index in [4.69, 9.17) is 0 Å². The molecule has 2 aliphatic heterocycles. The fourth-order valence-electron chi connectivity index (χ4n) is 3.98. The van der Waals surface area contributed by atoms with Crippen molar-refractivity contribution in [3.63, 3.8) is 0 Å². The van der Waals surface area contributed by atoms with Crippen molar-refractivity contribution < 1.29 is 23.1 Å². The van der Waals surface area contributed by atoms with E-state index in [0.717, 1.165) is 32.5 Å². The Bertz CT molecular complexity index is 701. The quantitative estimate of drug-likeness (QED) is 0.769. The molecule has 0 bridgehead atoms. The van der Waals surface area contributed by atoms with Crippen molar-refractivity contribution in [3.8, 4) is 5.75 Å². The first kappa shape index (κ1) is 20.5. The summed E-state index contributed by atoms with van der Waals surface area (Å²) in [5.74, 6) is -0.637. The molecule has 2 amide bonds. The van der Waals surface area contributed by atoms with Gasteiger partial charge in [0, 0.05) is 26.2 Å². The highest BCUT2D eigenvalue weighted by molar-refractivity contribution is 6.00. The molecule has 1 atom stereocenters. The number of alkyl halides is 2. The molecule has 0 aliphatic carbocycles. The first-order valence-electron chi connectivity index (χ1n) is 9.87. The van der Waals surface area contributed by atoms with Gasteiger partial charge in [0.1, 0.15) is 11.8 Å². The molecular weight excluding hydrogens is 368 g/mol. The highest BCUT2D eigenvalue weighted by Gasteiger charge is 2.38. The topological polar surface area (TPSA) is 53.1 Å². The lowest BCUT2D eigenvalue weighted by molar-refractivity contribution is -0.135. The van der Waals surface area contributed by atoms with Gasteiger partial charge in [0.2, 0.25) is 5.91 Å². The predicted octanol–water partition coefficient (Wildman–Crippen LogP) is 2.45. The first-order chi connectivity index (χ1) is 13.5. The van der Waals surface area contributed by atoms with Crippen molar-refractivity contribution in [2.45, 2.75) is 38.8 Å². The number of benzene rings is 1. The Morgan fingerprint density at radius 2 is 1.89 bits per heavy atom. The molecule has 28 heavy (non-hydrogen) atoms. The lowest BCUT2D eigenvalue weighted by Gasteiger charge is -2.30. The van der Waals surface area contributed by atoms with Gasteiger partial charge in [-0.1, -0.05) is 19.1 Å². The minimum atomic E-state index is -3.01. The first-order valence-corrected chi connectivity index (χ1v) is 9.87. The maximum atomic E-state index is 13.1. The van der Waals surface area contributed by atoms with Gasteiger partial charge in [0.15, 0.2) is 0 Å². The maximum Gasteiger partial charge on any atom is 0.387 e. The van der Waals surface area contributed by atoms with Crippen LogP contribution in [0, 0.1) is 0 Å². The third kappa shape index (κ3) is 4.60. The highest BCUT2D eigenvalue weighted by Crippen LogP contribution is 2.27. The summed E-state index contributed by atoms with van der Waals surface area (Å²) < 4.78 is 29.8. The zero-order valence-corrected chi connectivity index (χ0v) is 16.2. The number of amides is 2. The van der Waals surface area contributed by atoms with Crippen LogP contribution in [0.2, 0.25) is 0 Å². The second kappa shape index (κ2) is 9.32. The van der Waals surface area contributed by atoms with Crippen LogP contribution >= 0.6 is 0 Å². The Kier molecular flexibility index (Phi) is 6.83. The largest absolute Gasteiger partial charge is 0.434 e. The standard InChI is InChI=1S/C20H27F2N3O3/c1-2-23-10-6-11-24(14-13-23)19(27)16-8-5-12-25(16)18(26)15-7-3-4-9-17(15)28-20(21)22/h3-4,7,9,16,20H,2,5-6,8,10-14H2,1H3. The van der Waals surface area contributed by atoms with Gasteiger partial charge in [-0.05, 0) is 44.5 Å². The van der Waals surface area contributed by atoms with Crippen LogP contribution < -0.4 is 4.74 Å². The molecule has 2 aliphatic rings. The number of ether oxygens (including phenoxy) is 1. The number of carbonyl (C=O) groups is 2. The average Bonchev–Trinajstić information content (AvgIpc) is 3.05. The number of rotatable bonds is 5. The molecular formula is C20H27F2N3O3. The minimum Gasteiger partial charge on any atom is -0.434 e. The SMILES string of the molecule is CCN1CCCN(C(=O)C2CCCN2C(=O)c2ccccc2OC(F)F)CC1. The number of halogens is 2. The third-order valence-electron chi connectivity index (χ3n) is 5.48. The molecule has 1 unspecified atom stereocenters. The van der Waals surface area contributed by atoms with Gasteiger partial charge in [-0.25, -0.2) is 0 Å². The molecule has 2 saturated heterocycles. The van der Waals surface area contributed by atoms with E-state index < -0.39 is 18.6 Å². The number of carbonyl (C=O) groups excluding carboxylic acids is 2. The van der Waals surface area contributed by atoms with Crippen LogP contribution in [0.15, 0.2) is 24.3 Å². The van der Waals surface area contributed by atoms with Crippen LogP contribution in [-0.4, -0.2) is 78.4 Å². The summed E-state index contributed by atoms with van der Waals surface area (Å²) in [7, 11) is 0. The number of hydrogen-bond acceptors (Lipinski definition) is 4. The summed E-state index contributed by atoms with van der Waals surface area (Å²) in [5.41, 5.74) is 0.0653. The molecule has 0 spiro atoms. The van der Waals surface area contributed by atoms with Crippen LogP contribution in [-0.2, 0) is 4.79 Å². The van der Waals surface area contributed by atoms with Crippen molar-refractivity contribution >= 4 is 11.8 Å². The number of likely N-dealkylation sites (tertiary alicyclic amines) is 1. The van der Waals surface area contributed by atoms with Crippen LogP contribution in [0.4, 0.5) is 8.78 Å². The van der Waals surface area contributed by atoms with Crippen molar-refractivity contribution in [1.29, 1.82) is 0 Å². The van der Waals surface area contributed by atoms with Crippen LogP contribution in [0.1, 0.15) is 36.5 Å². The molecule has 2 heterocycles. The van der Waals surface area contributed by atoms with Crippen molar-refractivity contribution in [3.05, 3.63) is 29.8 Å². The van der Waals surface area contributed by atoms with Gasteiger partial charge < -0.3 is 19.4 Å². The molecule has 1 aromatic carbocycles. The fraction of sp³-hybridized carbons (Fsp3) is 0.600. The Morgan fingerprint density at radius 1 is 1.11 bits per heavy atom. The lowest BCUT2D eigenvalue weighted by atomic mass is 10.1. The van der Waals surface area contributed by atoms with E-state index in [2.05, 4.69) is 16.6 Å². The van der Waals surface area contributed by atoms with Crippen LogP contribution in [0.25, 0.3) is 0 Å². The van der Waals surface area contributed by atoms with Crippen LogP contribution in [0.3, 0.4) is 0 Å². The summed E-state index contributed by atoms with van der Waals surface area (Å²) in [6.45, 7) is 3.61. The van der Waals surface area contributed by atoms with Crippen molar-refractivity contribution in [2.24, 2.45) is 0 Å². The second-order valence-electron chi connectivity index (χ2n) is 7.14. The Hall–Kier alpha value is -2.22. The number of likely N-dealkylation sites (N-methyl/N-ethyl adjacent to an activating group) is 1. The third-order valence-corrected chi connectivity index (χ3v) is 5.48. The molecule has 0 radical (unpaired) electrons. The maximum absolute atomic E-state index is 13.1. The van der Waals surface area contributed by atoms with Crippen LogP contribution in [0.5, 0.6) is 5.75 Å². The molecule has 0 aromatic heterocycles. The van der Waals surface area contributed by atoms with Crippen molar-refractivity contribution in [2.75, 3.05) is 39.3 Å². The normalized spacial score (nSPS) is 21.1. The van der Waals surface area contributed by atoms with E-state index in [1.165, 1.54) is 23.1 Å². The molecule has 0 N–H and O–H groups in total. The lowest BCUT2D eigenvalue weighted by Crippen LogP contribution is -2.48. The minimum absolute atomic E-state index is 0.0453. The van der Waals surface area contributed by atoms with E-state index >= 15 is 0 Å². The summed E-state index contributed by atoms with van der Waals surface area (Å²) in [6, 6.07) is 5.41. The number of nitrogens with zero attached hydrogens (tertiary/aromatic N) is 3. The molecule has 0 saturated carbocycles. The van der Waals surface area contributed by atoms with E-state index in [9.17, 15) is 18.4 Å². The molecule has 6 nitrogen and oxygen atoms in total. The Balaban J connectivity index is 1.74. The van der Waals surface area contributed by atoms with Gasteiger partial charge in [-0.2, -0.15) is 8.78 Å². The molecule has 1 aromatic rings. The molecule has 2 fully saturated rings. The Labute approximate surface area is 164 Å². The summed E-state index contributed by atoms with van der Waals surface area (Å²) >= 11 is 0. The van der Waals surface area contributed by atoms with E-state index in [1.54, 1.807) is 6.07 Å². The molecule has 8 heteroatoms. The Morgan fingerprint density at radius 3 is 2.64 bits per heavy atom. The zero-order valence-electron chi connectivity index (χ0n) is 16.2. The predicted molar refractivity (Wildman–Crippen MR) is 100 cm³/mol. The summed E-state index contributed by atoms with van der Waals surface area (Å²) in [4.78, 5) is 31.8. The smallest absolute Gasteiger partial charge is 0.387 e. The summed E-state index contributed by atoms with van der Waals surface area (Å²) in [6.07, 6.45) is 2.22.